The van der Waals surface area contributed by atoms with Crippen LogP contribution in [0.4, 0.5) is 8.78 Å². The monoisotopic (exact) mass is 263 g/mol. The summed E-state index contributed by atoms with van der Waals surface area (Å²) < 4.78 is 26.1. The van der Waals surface area contributed by atoms with Gasteiger partial charge in [0.05, 0.1) is 6.20 Å². The van der Waals surface area contributed by atoms with E-state index in [4.69, 9.17) is 0 Å². The lowest BCUT2D eigenvalue weighted by molar-refractivity contribution is 0.502. The number of likely N-dealkylation sites (N-methyl/N-ethyl adjacent to an activating group) is 1. The first-order chi connectivity index (χ1) is 9.20. The Hall–Kier alpha value is -1.88. The molecule has 0 aliphatic heterocycles. The van der Waals surface area contributed by atoms with Crippen molar-refractivity contribution in [3.05, 3.63) is 59.4 Å². The number of benzene rings is 1. The van der Waals surface area contributed by atoms with Crippen LogP contribution < -0.4 is 5.32 Å². The Labute approximate surface area is 110 Å². The van der Waals surface area contributed by atoms with Gasteiger partial charge in [-0.1, -0.05) is 13.0 Å². The zero-order valence-electron chi connectivity index (χ0n) is 10.6. The molecule has 0 aliphatic rings. The van der Waals surface area contributed by atoms with Crippen LogP contribution in [0.3, 0.4) is 0 Å². The van der Waals surface area contributed by atoms with Crippen LogP contribution in [-0.4, -0.2) is 16.7 Å². The Balaban J connectivity index is 2.19. The largest absolute Gasteiger partial charge is 0.310 e. The summed E-state index contributed by atoms with van der Waals surface area (Å²) in [7, 11) is 0. The van der Waals surface area contributed by atoms with Gasteiger partial charge in [-0.2, -0.15) is 10.2 Å². The molecule has 0 aliphatic carbocycles. The smallest absolute Gasteiger partial charge is 0.159 e. The molecule has 1 aromatic heterocycles. The van der Waals surface area contributed by atoms with E-state index in [0.29, 0.717) is 6.42 Å². The first kappa shape index (κ1) is 13.5. The lowest BCUT2D eigenvalue weighted by Gasteiger charge is -2.17. The molecule has 0 amide bonds. The summed E-state index contributed by atoms with van der Waals surface area (Å²) in [6, 6.07) is 5.84. The second-order valence-corrected chi connectivity index (χ2v) is 4.24. The van der Waals surface area contributed by atoms with Crippen molar-refractivity contribution < 1.29 is 8.78 Å². The van der Waals surface area contributed by atoms with Gasteiger partial charge < -0.3 is 5.32 Å². The molecule has 2 aromatic rings. The molecule has 0 saturated heterocycles. The summed E-state index contributed by atoms with van der Waals surface area (Å²) in [6.07, 6.45) is 3.86. The van der Waals surface area contributed by atoms with Crippen molar-refractivity contribution in [2.45, 2.75) is 19.4 Å². The highest BCUT2D eigenvalue weighted by Gasteiger charge is 2.12. The van der Waals surface area contributed by atoms with Crippen molar-refractivity contribution >= 4 is 0 Å². The summed E-state index contributed by atoms with van der Waals surface area (Å²) in [5, 5.41) is 10.9. The third-order valence-electron chi connectivity index (χ3n) is 2.88. The van der Waals surface area contributed by atoms with E-state index in [1.165, 1.54) is 6.07 Å². The summed E-state index contributed by atoms with van der Waals surface area (Å²) in [5.74, 6) is -1.64. The predicted molar refractivity (Wildman–Crippen MR) is 68.5 cm³/mol. The van der Waals surface area contributed by atoms with Gasteiger partial charge in [0.15, 0.2) is 11.6 Å². The van der Waals surface area contributed by atoms with E-state index in [-0.39, 0.29) is 6.04 Å². The highest BCUT2D eigenvalue weighted by molar-refractivity contribution is 5.22. The average Bonchev–Trinajstić information content (AvgIpc) is 2.43. The summed E-state index contributed by atoms with van der Waals surface area (Å²) >= 11 is 0. The van der Waals surface area contributed by atoms with Gasteiger partial charge in [-0.15, -0.1) is 0 Å². The van der Waals surface area contributed by atoms with Crippen LogP contribution in [0.15, 0.2) is 36.7 Å². The van der Waals surface area contributed by atoms with E-state index in [9.17, 15) is 8.78 Å². The van der Waals surface area contributed by atoms with Crippen LogP contribution in [0.1, 0.15) is 24.1 Å². The van der Waals surface area contributed by atoms with Gasteiger partial charge in [0.25, 0.3) is 0 Å². The molecule has 1 heterocycles. The van der Waals surface area contributed by atoms with Crippen LogP contribution >= 0.6 is 0 Å². The van der Waals surface area contributed by atoms with Crippen molar-refractivity contribution in [1.29, 1.82) is 0 Å². The first-order valence-electron chi connectivity index (χ1n) is 6.14. The van der Waals surface area contributed by atoms with Crippen molar-refractivity contribution in [3.8, 4) is 0 Å². The standard InChI is InChI=1S/C14H15F2N3/c1-2-17-14(11-5-6-18-19-9-11)8-10-3-4-12(15)13(16)7-10/h3-7,9,14,17H,2,8H2,1H3. The minimum Gasteiger partial charge on any atom is -0.310 e. The number of aromatic nitrogens is 2. The van der Waals surface area contributed by atoms with E-state index >= 15 is 0 Å². The molecule has 3 nitrogen and oxygen atoms in total. The fourth-order valence-corrected chi connectivity index (χ4v) is 1.96. The van der Waals surface area contributed by atoms with Gasteiger partial charge in [0, 0.05) is 12.2 Å². The number of hydrogen-bond acceptors (Lipinski definition) is 3. The Kier molecular flexibility index (Phi) is 4.52. The minimum atomic E-state index is -0.825. The van der Waals surface area contributed by atoms with Gasteiger partial charge in [0.1, 0.15) is 0 Å². The van der Waals surface area contributed by atoms with E-state index in [2.05, 4.69) is 15.5 Å². The highest BCUT2D eigenvalue weighted by atomic mass is 19.2. The van der Waals surface area contributed by atoms with Crippen molar-refractivity contribution in [1.82, 2.24) is 15.5 Å². The molecule has 1 N–H and O–H groups in total. The molecule has 0 fully saturated rings. The van der Waals surface area contributed by atoms with Gasteiger partial charge in [-0.25, -0.2) is 8.78 Å². The number of nitrogens with zero attached hydrogens (tertiary/aromatic N) is 2. The number of rotatable bonds is 5. The number of hydrogen-bond donors (Lipinski definition) is 1. The molecule has 100 valence electrons. The van der Waals surface area contributed by atoms with E-state index in [0.717, 1.165) is 23.7 Å². The van der Waals surface area contributed by atoms with Gasteiger partial charge in [-0.05, 0) is 42.3 Å². The minimum absolute atomic E-state index is 0.00496. The highest BCUT2D eigenvalue weighted by Crippen LogP contribution is 2.18. The van der Waals surface area contributed by atoms with Crippen molar-refractivity contribution in [2.75, 3.05) is 6.54 Å². The fraction of sp³-hybridized carbons (Fsp3) is 0.286. The summed E-state index contributed by atoms with van der Waals surface area (Å²) in [5.41, 5.74) is 1.71. The SMILES string of the molecule is CCNC(Cc1ccc(F)c(F)c1)c1ccnnc1. The lowest BCUT2D eigenvalue weighted by atomic mass is 10.0. The molecule has 0 saturated carbocycles. The van der Waals surface area contributed by atoms with Crippen molar-refractivity contribution in [3.63, 3.8) is 0 Å². The van der Waals surface area contributed by atoms with E-state index < -0.39 is 11.6 Å². The van der Waals surface area contributed by atoms with Crippen LogP contribution in [-0.2, 0) is 6.42 Å². The maximum absolute atomic E-state index is 13.2. The zero-order valence-corrected chi connectivity index (χ0v) is 10.6. The molecule has 0 radical (unpaired) electrons. The van der Waals surface area contributed by atoms with Crippen LogP contribution in [0, 0.1) is 11.6 Å². The molecular formula is C14H15F2N3. The molecule has 1 unspecified atom stereocenters. The Morgan fingerprint density at radius 2 is 2.00 bits per heavy atom. The molecule has 1 atom stereocenters. The third kappa shape index (κ3) is 3.54. The Morgan fingerprint density at radius 3 is 2.63 bits per heavy atom. The molecule has 0 bridgehead atoms. The molecular weight excluding hydrogens is 248 g/mol. The van der Waals surface area contributed by atoms with Crippen molar-refractivity contribution in [2.24, 2.45) is 0 Å². The van der Waals surface area contributed by atoms with Crippen LogP contribution in [0.2, 0.25) is 0 Å². The predicted octanol–water partition coefficient (Wildman–Crippen LogP) is 2.65. The molecule has 2 rings (SSSR count). The molecule has 5 heteroatoms. The fourth-order valence-electron chi connectivity index (χ4n) is 1.96. The normalized spacial score (nSPS) is 12.4. The van der Waals surface area contributed by atoms with Gasteiger partial charge in [-0.3, -0.25) is 0 Å². The Bertz CT molecular complexity index is 531. The average molecular weight is 263 g/mol. The first-order valence-corrected chi connectivity index (χ1v) is 6.14. The quantitative estimate of drug-likeness (QED) is 0.901. The Morgan fingerprint density at radius 1 is 1.16 bits per heavy atom. The topological polar surface area (TPSA) is 37.8 Å². The van der Waals surface area contributed by atoms with Crippen LogP contribution in [0.25, 0.3) is 0 Å². The second-order valence-electron chi connectivity index (χ2n) is 4.24. The second kappa shape index (κ2) is 6.33. The zero-order chi connectivity index (χ0) is 13.7. The molecule has 0 spiro atoms. The summed E-state index contributed by atoms with van der Waals surface area (Å²) in [4.78, 5) is 0. The van der Waals surface area contributed by atoms with E-state index in [1.54, 1.807) is 18.5 Å². The van der Waals surface area contributed by atoms with E-state index in [1.807, 2.05) is 13.0 Å². The van der Waals surface area contributed by atoms with Crippen LogP contribution in [0.5, 0.6) is 0 Å². The maximum Gasteiger partial charge on any atom is 0.159 e. The molecule has 19 heavy (non-hydrogen) atoms. The lowest BCUT2D eigenvalue weighted by Crippen LogP contribution is -2.23. The van der Waals surface area contributed by atoms with Gasteiger partial charge in [0.2, 0.25) is 0 Å². The molecule has 1 aromatic carbocycles. The number of nitrogens with one attached hydrogen (secondary N) is 1. The summed E-state index contributed by atoms with van der Waals surface area (Å²) in [6.45, 7) is 2.77. The maximum atomic E-state index is 13.2. The number of halogens is 2. The van der Waals surface area contributed by atoms with Gasteiger partial charge >= 0.3 is 0 Å². The third-order valence-corrected chi connectivity index (χ3v) is 2.88.